The van der Waals surface area contributed by atoms with E-state index in [1.165, 1.54) is 4.90 Å². The van der Waals surface area contributed by atoms with E-state index < -0.39 is 11.9 Å². The quantitative estimate of drug-likeness (QED) is 0.562. The summed E-state index contributed by atoms with van der Waals surface area (Å²) in [6.07, 6.45) is 1.77. The van der Waals surface area contributed by atoms with Gasteiger partial charge in [-0.2, -0.15) is 0 Å². The highest BCUT2D eigenvalue weighted by atomic mass is 16.5. The summed E-state index contributed by atoms with van der Waals surface area (Å²) in [5.41, 5.74) is 0. The molecule has 0 radical (unpaired) electrons. The SMILES string of the molecule is CCNC(=O)N(C)C(C)COC(=O)C=CC(=O)OC(C)C. The Labute approximate surface area is 125 Å². The van der Waals surface area contributed by atoms with Crippen LogP contribution in [0.1, 0.15) is 27.7 Å². The lowest BCUT2D eigenvalue weighted by Crippen LogP contribution is -2.44. The number of urea groups is 1. The fraction of sp³-hybridized carbons (Fsp3) is 0.643. The molecule has 2 amide bonds. The van der Waals surface area contributed by atoms with E-state index in [0.29, 0.717) is 6.54 Å². The number of carbonyl (C=O) groups excluding carboxylic acids is 3. The molecule has 0 aliphatic carbocycles. The lowest BCUT2D eigenvalue weighted by Gasteiger charge is -2.24. The monoisotopic (exact) mass is 300 g/mol. The van der Waals surface area contributed by atoms with E-state index in [-0.39, 0.29) is 24.8 Å². The van der Waals surface area contributed by atoms with Gasteiger partial charge >= 0.3 is 18.0 Å². The molecule has 0 aliphatic heterocycles. The Morgan fingerprint density at radius 1 is 1.14 bits per heavy atom. The largest absolute Gasteiger partial charge is 0.460 e. The molecule has 0 aromatic heterocycles. The van der Waals surface area contributed by atoms with Crippen molar-refractivity contribution in [1.82, 2.24) is 10.2 Å². The van der Waals surface area contributed by atoms with Gasteiger partial charge in [0.05, 0.1) is 12.1 Å². The average molecular weight is 300 g/mol. The summed E-state index contributed by atoms with van der Waals surface area (Å²) in [6, 6.07) is -0.520. The van der Waals surface area contributed by atoms with Gasteiger partial charge in [0.1, 0.15) is 6.61 Å². The summed E-state index contributed by atoms with van der Waals surface area (Å²) in [4.78, 5) is 35.6. The molecule has 7 heteroatoms. The second-order valence-corrected chi connectivity index (χ2v) is 4.74. The summed E-state index contributed by atoms with van der Waals surface area (Å²) in [7, 11) is 1.61. The highest BCUT2D eigenvalue weighted by molar-refractivity contribution is 5.91. The van der Waals surface area contributed by atoms with E-state index in [9.17, 15) is 14.4 Å². The zero-order valence-electron chi connectivity index (χ0n) is 13.2. The number of ether oxygens (including phenoxy) is 2. The Kier molecular flexibility index (Phi) is 8.84. The lowest BCUT2D eigenvalue weighted by atomic mass is 10.3. The first kappa shape index (κ1) is 18.9. The van der Waals surface area contributed by atoms with E-state index in [1.807, 2.05) is 6.92 Å². The van der Waals surface area contributed by atoms with Crippen LogP contribution >= 0.6 is 0 Å². The Morgan fingerprint density at radius 2 is 1.71 bits per heavy atom. The molecule has 1 N–H and O–H groups in total. The molecule has 0 spiro atoms. The van der Waals surface area contributed by atoms with E-state index in [4.69, 9.17) is 9.47 Å². The van der Waals surface area contributed by atoms with Crippen molar-refractivity contribution in [3.63, 3.8) is 0 Å². The normalized spacial score (nSPS) is 12.1. The van der Waals surface area contributed by atoms with Gasteiger partial charge in [0, 0.05) is 25.7 Å². The second kappa shape index (κ2) is 9.79. The van der Waals surface area contributed by atoms with Gasteiger partial charge in [-0.25, -0.2) is 14.4 Å². The van der Waals surface area contributed by atoms with Crippen LogP contribution in [0.4, 0.5) is 4.79 Å². The molecule has 0 aromatic rings. The third-order valence-corrected chi connectivity index (χ3v) is 2.48. The molecule has 120 valence electrons. The maximum atomic E-state index is 11.5. The predicted octanol–water partition coefficient (Wildman–Crippen LogP) is 1.09. The molecule has 0 bridgehead atoms. The molecule has 0 aliphatic rings. The number of rotatable bonds is 7. The van der Waals surface area contributed by atoms with Crippen molar-refractivity contribution in [3.05, 3.63) is 12.2 Å². The zero-order chi connectivity index (χ0) is 16.4. The van der Waals surface area contributed by atoms with Crippen molar-refractivity contribution < 1.29 is 23.9 Å². The first-order valence-corrected chi connectivity index (χ1v) is 6.84. The van der Waals surface area contributed by atoms with Crippen LogP contribution in [0.5, 0.6) is 0 Å². The van der Waals surface area contributed by atoms with Gasteiger partial charge in [-0.15, -0.1) is 0 Å². The van der Waals surface area contributed by atoms with Crippen molar-refractivity contribution in [1.29, 1.82) is 0 Å². The van der Waals surface area contributed by atoms with Crippen molar-refractivity contribution >= 4 is 18.0 Å². The fourth-order valence-corrected chi connectivity index (χ4v) is 1.25. The number of esters is 2. The molecule has 0 rings (SSSR count). The van der Waals surface area contributed by atoms with Crippen molar-refractivity contribution in [3.8, 4) is 0 Å². The predicted molar refractivity (Wildman–Crippen MR) is 77.6 cm³/mol. The van der Waals surface area contributed by atoms with Gasteiger partial charge in [-0.3, -0.25) is 0 Å². The summed E-state index contributed by atoms with van der Waals surface area (Å²) in [6.45, 7) is 7.55. The molecule has 0 aromatic carbocycles. The lowest BCUT2D eigenvalue weighted by molar-refractivity contribution is -0.143. The summed E-state index contributed by atoms with van der Waals surface area (Å²) < 4.78 is 9.78. The molecule has 21 heavy (non-hydrogen) atoms. The smallest absolute Gasteiger partial charge is 0.331 e. The van der Waals surface area contributed by atoms with Crippen molar-refractivity contribution in [2.24, 2.45) is 0 Å². The minimum atomic E-state index is -0.660. The molecule has 1 atom stereocenters. The van der Waals surface area contributed by atoms with E-state index in [0.717, 1.165) is 12.2 Å². The number of hydrogen-bond acceptors (Lipinski definition) is 5. The number of amides is 2. The van der Waals surface area contributed by atoms with E-state index >= 15 is 0 Å². The second-order valence-electron chi connectivity index (χ2n) is 4.74. The molecular formula is C14H24N2O5. The Hall–Kier alpha value is -2.05. The van der Waals surface area contributed by atoms with Gasteiger partial charge in [0.15, 0.2) is 0 Å². The molecule has 0 saturated carbocycles. The Balaban J connectivity index is 4.15. The Bertz CT molecular complexity index is 393. The van der Waals surface area contributed by atoms with Gasteiger partial charge in [0.2, 0.25) is 0 Å². The highest BCUT2D eigenvalue weighted by Crippen LogP contribution is 1.98. The first-order valence-electron chi connectivity index (χ1n) is 6.84. The van der Waals surface area contributed by atoms with Crippen LogP contribution in [-0.2, 0) is 19.1 Å². The molecule has 1 unspecified atom stereocenters. The van der Waals surface area contributed by atoms with E-state index in [1.54, 1.807) is 27.8 Å². The maximum absolute atomic E-state index is 11.5. The van der Waals surface area contributed by atoms with Crippen LogP contribution in [0.3, 0.4) is 0 Å². The van der Waals surface area contributed by atoms with Crippen LogP contribution in [0, 0.1) is 0 Å². The molecule has 0 heterocycles. The van der Waals surface area contributed by atoms with Crippen LogP contribution in [0.15, 0.2) is 12.2 Å². The van der Waals surface area contributed by atoms with Crippen LogP contribution in [0.25, 0.3) is 0 Å². The molecule has 7 nitrogen and oxygen atoms in total. The number of nitrogens with zero attached hydrogens (tertiary/aromatic N) is 1. The minimum Gasteiger partial charge on any atom is -0.460 e. The highest BCUT2D eigenvalue weighted by Gasteiger charge is 2.16. The molecule has 0 saturated heterocycles. The molecular weight excluding hydrogens is 276 g/mol. The third-order valence-electron chi connectivity index (χ3n) is 2.48. The molecule has 0 fully saturated rings. The summed E-state index contributed by atoms with van der Waals surface area (Å²) in [5.74, 6) is -1.26. The third kappa shape index (κ3) is 8.67. The zero-order valence-corrected chi connectivity index (χ0v) is 13.2. The van der Waals surface area contributed by atoms with Crippen molar-refractivity contribution in [2.75, 3.05) is 20.2 Å². The number of carbonyl (C=O) groups is 3. The van der Waals surface area contributed by atoms with Crippen LogP contribution < -0.4 is 5.32 Å². The average Bonchev–Trinajstić information content (AvgIpc) is 2.41. The standard InChI is InChI=1S/C14H24N2O5/c1-6-15-14(19)16(5)11(4)9-20-12(17)7-8-13(18)21-10(2)3/h7-8,10-11H,6,9H2,1-5H3,(H,15,19). The van der Waals surface area contributed by atoms with Gasteiger partial charge < -0.3 is 19.7 Å². The fourth-order valence-electron chi connectivity index (χ4n) is 1.25. The van der Waals surface area contributed by atoms with Crippen molar-refractivity contribution in [2.45, 2.75) is 39.8 Å². The minimum absolute atomic E-state index is 0.0377. The van der Waals surface area contributed by atoms with Gasteiger partial charge in [-0.05, 0) is 27.7 Å². The summed E-state index contributed by atoms with van der Waals surface area (Å²) >= 11 is 0. The maximum Gasteiger partial charge on any atom is 0.331 e. The number of likely N-dealkylation sites (N-methyl/N-ethyl adjacent to an activating group) is 1. The Morgan fingerprint density at radius 3 is 2.24 bits per heavy atom. The van der Waals surface area contributed by atoms with Gasteiger partial charge in [-0.1, -0.05) is 0 Å². The van der Waals surface area contributed by atoms with Crippen LogP contribution in [-0.4, -0.2) is 55.2 Å². The number of hydrogen-bond donors (Lipinski definition) is 1. The summed E-state index contributed by atoms with van der Waals surface area (Å²) in [5, 5.41) is 2.64. The first-order chi connectivity index (χ1) is 9.77. The number of nitrogens with one attached hydrogen (secondary N) is 1. The van der Waals surface area contributed by atoms with Gasteiger partial charge in [0.25, 0.3) is 0 Å². The van der Waals surface area contributed by atoms with Crippen LogP contribution in [0.2, 0.25) is 0 Å². The topological polar surface area (TPSA) is 84.9 Å². The van der Waals surface area contributed by atoms with E-state index in [2.05, 4.69) is 5.32 Å².